The first-order valence-electron chi connectivity index (χ1n) is 20.3. The second-order valence-electron chi connectivity index (χ2n) is 18.2. The average molecular weight is 745 g/mol. The molecule has 1 aliphatic heterocycles. The molecule has 53 heavy (non-hydrogen) atoms. The van der Waals surface area contributed by atoms with E-state index in [2.05, 4.69) is 6.92 Å². The van der Waals surface area contributed by atoms with Crippen LogP contribution in [0.5, 0.6) is 0 Å². The van der Waals surface area contributed by atoms with Crippen LogP contribution in [0.25, 0.3) is 0 Å². The second kappa shape index (κ2) is 15.4. The molecule has 3 N–H and O–H groups in total. The summed E-state index contributed by atoms with van der Waals surface area (Å²) in [5, 5.41) is 49.1. The summed E-state index contributed by atoms with van der Waals surface area (Å²) in [5.74, 6) is -4.47. The lowest BCUT2D eigenvalue weighted by Crippen LogP contribution is -2.66. The highest BCUT2D eigenvalue weighted by Gasteiger charge is 2.87. The maximum absolute atomic E-state index is 13.5. The SMILES string of the molecule is CCCC1(CCCCCCCCCCCC(=O)O[C@@H]2[C@@H](C)[C@@]3(O)[C@@H](C=C(CO)C[C@]4(O)C(=O)C(C)=C[C@@H]34)[C@@H]3C(C)(C)[C@]23OC(C)=O)OCC(C)(C)N1[O-]. The van der Waals surface area contributed by atoms with Crippen LogP contribution in [-0.2, 0) is 28.6 Å². The van der Waals surface area contributed by atoms with Crippen molar-refractivity contribution in [1.82, 2.24) is 5.06 Å². The number of unbranched alkanes of at least 4 members (excludes halogenated alkanes) is 8. The highest BCUT2D eigenvalue weighted by Crippen LogP contribution is 2.77. The van der Waals surface area contributed by atoms with Crippen molar-refractivity contribution in [2.24, 2.45) is 29.1 Å². The van der Waals surface area contributed by atoms with Gasteiger partial charge in [-0.15, -0.1) is 0 Å². The number of Topliss-reactive ketones (excluding diaryl/α,β-unsaturated/α-hetero) is 1. The van der Waals surface area contributed by atoms with Gasteiger partial charge < -0.3 is 39.8 Å². The fourth-order valence-corrected chi connectivity index (χ4v) is 11.0. The summed E-state index contributed by atoms with van der Waals surface area (Å²) in [6.07, 6.45) is 13.8. The van der Waals surface area contributed by atoms with Crippen molar-refractivity contribution in [2.75, 3.05) is 13.2 Å². The molecular weight excluding hydrogens is 678 g/mol. The molecule has 4 aliphatic carbocycles. The standard InChI is InChI=1S/C42H66NO10/c1-9-20-39(43(50)37(5,6)26-51-39)21-18-16-14-12-10-11-13-15-17-19-33(46)52-36-28(3)41(49)31(34-38(7,8)42(34,36)53-29(4)45)23-30(25-44)24-40(48)32(41)22-27(2)35(40)47/h22-23,28,31-32,34,36,44,48-49H,9-21,24-26H2,1-8H3/q-1/t28-,31+,32-,34-,36-,39?,40-,41-,42-/m1/s1. The first-order chi connectivity index (χ1) is 24.8. The number of ether oxygens (including phenoxy) is 3. The fourth-order valence-electron chi connectivity index (χ4n) is 11.0. The number of carbonyl (C=O) groups is 3. The third-order valence-electron chi connectivity index (χ3n) is 13.7. The summed E-state index contributed by atoms with van der Waals surface area (Å²) in [6.45, 7) is 14.6. The third-order valence-corrected chi connectivity index (χ3v) is 13.7. The minimum absolute atomic E-state index is 0.125. The molecule has 1 unspecified atom stereocenters. The Morgan fingerprint density at radius 3 is 2.13 bits per heavy atom. The van der Waals surface area contributed by atoms with E-state index < -0.39 is 87.6 Å². The van der Waals surface area contributed by atoms with Crippen molar-refractivity contribution in [3.8, 4) is 0 Å². The molecule has 11 heteroatoms. The molecule has 0 radical (unpaired) electrons. The molecule has 1 saturated heterocycles. The highest BCUT2D eigenvalue weighted by molar-refractivity contribution is 6.04. The molecule has 9 atom stereocenters. The van der Waals surface area contributed by atoms with E-state index >= 15 is 0 Å². The van der Waals surface area contributed by atoms with Gasteiger partial charge in [-0.1, -0.05) is 91.2 Å². The van der Waals surface area contributed by atoms with Crippen LogP contribution < -0.4 is 0 Å². The van der Waals surface area contributed by atoms with E-state index in [4.69, 9.17) is 14.2 Å². The second-order valence-corrected chi connectivity index (χ2v) is 18.2. The highest BCUT2D eigenvalue weighted by atomic mass is 16.6. The summed E-state index contributed by atoms with van der Waals surface area (Å²) in [4.78, 5) is 39.5. The van der Waals surface area contributed by atoms with Crippen LogP contribution in [0.3, 0.4) is 0 Å². The van der Waals surface area contributed by atoms with Gasteiger partial charge in [0.15, 0.2) is 11.4 Å². The van der Waals surface area contributed by atoms with Gasteiger partial charge in [-0.3, -0.25) is 14.4 Å². The van der Waals surface area contributed by atoms with E-state index in [1.54, 1.807) is 26.0 Å². The number of carbonyl (C=O) groups excluding carboxylic acids is 3. The van der Waals surface area contributed by atoms with E-state index in [0.29, 0.717) is 24.2 Å². The van der Waals surface area contributed by atoms with Gasteiger partial charge in [0.25, 0.3) is 0 Å². The molecule has 0 aromatic carbocycles. The lowest BCUT2D eigenvalue weighted by molar-refractivity contribution is -0.228. The third kappa shape index (κ3) is 7.09. The molecule has 0 spiro atoms. The zero-order valence-corrected chi connectivity index (χ0v) is 33.5. The Bertz CT molecular complexity index is 1450. The maximum Gasteiger partial charge on any atom is 0.306 e. The Balaban J connectivity index is 1.14. The number of ketones is 1. The number of aliphatic hydroxyl groups excluding tert-OH is 1. The molecule has 5 aliphatic rings. The topological polar surface area (TPSA) is 166 Å². The van der Waals surface area contributed by atoms with E-state index in [1.807, 2.05) is 27.7 Å². The number of aliphatic hydroxyl groups is 3. The Morgan fingerprint density at radius 2 is 1.58 bits per heavy atom. The maximum atomic E-state index is 13.5. The van der Waals surface area contributed by atoms with Crippen LogP contribution in [0.15, 0.2) is 23.3 Å². The number of hydroxylamine groups is 2. The van der Waals surface area contributed by atoms with Crippen molar-refractivity contribution in [3.63, 3.8) is 0 Å². The summed E-state index contributed by atoms with van der Waals surface area (Å²) < 4.78 is 18.4. The van der Waals surface area contributed by atoms with Gasteiger partial charge in [-0.05, 0) is 57.6 Å². The average Bonchev–Trinajstić information content (AvgIpc) is 3.39. The van der Waals surface area contributed by atoms with Crippen LogP contribution in [0, 0.1) is 34.3 Å². The predicted octanol–water partition coefficient (Wildman–Crippen LogP) is 6.45. The van der Waals surface area contributed by atoms with Crippen molar-refractivity contribution < 1.29 is 43.9 Å². The molecular formula is C42H66NO10-. The van der Waals surface area contributed by atoms with Crippen LogP contribution in [0.4, 0.5) is 0 Å². The minimum atomic E-state index is -1.95. The lowest BCUT2D eigenvalue weighted by Gasteiger charge is -2.53. The Hall–Kier alpha value is -2.15. The molecule has 3 fully saturated rings. The number of esters is 2. The molecule has 0 aromatic rings. The van der Waals surface area contributed by atoms with Gasteiger partial charge in [0.1, 0.15) is 17.4 Å². The molecule has 0 aromatic heterocycles. The molecule has 11 nitrogen and oxygen atoms in total. The number of hydrogen-bond acceptors (Lipinski definition) is 11. The number of rotatable bonds is 17. The van der Waals surface area contributed by atoms with Crippen molar-refractivity contribution in [1.29, 1.82) is 0 Å². The van der Waals surface area contributed by atoms with Crippen molar-refractivity contribution >= 4 is 17.7 Å². The first kappa shape index (κ1) is 42.0. The number of hydrogen-bond donors (Lipinski definition) is 3. The number of fused-ring (bicyclic) bond motifs is 5. The van der Waals surface area contributed by atoms with Crippen LogP contribution in [0.2, 0.25) is 0 Å². The van der Waals surface area contributed by atoms with Gasteiger partial charge in [0, 0.05) is 54.4 Å². The lowest BCUT2D eigenvalue weighted by atomic mass is 9.59. The molecule has 1 heterocycles. The van der Waals surface area contributed by atoms with Gasteiger partial charge in [-0.25, -0.2) is 0 Å². The normalized spacial score (nSPS) is 38.3. The minimum Gasteiger partial charge on any atom is -0.783 e. The Morgan fingerprint density at radius 1 is 0.981 bits per heavy atom. The van der Waals surface area contributed by atoms with Crippen LogP contribution in [0.1, 0.15) is 145 Å². The van der Waals surface area contributed by atoms with Crippen LogP contribution in [-0.4, -0.2) is 85.5 Å². The molecule has 5 rings (SSSR count). The van der Waals surface area contributed by atoms with Gasteiger partial charge >= 0.3 is 11.9 Å². The quantitative estimate of drug-likeness (QED) is 0.0852. The van der Waals surface area contributed by atoms with E-state index in [9.17, 15) is 34.9 Å². The smallest absolute Gasteiger partial charge is 0.306 e. The summed E-state index contributed by atoms with van der Waals surface area (Å²) in [7, 11) is 0. The van der Waals surface area contributed by atoms with E-state index in [-0.39, 0.29) is 12.8 Å². The largest absolute Gasteiger partial charge is 0.783 e. The first-order valence-corrected chi connectivity index (χ1v) is 20.3. The molecule has 0 bridgehead atoms. The zero-order valence-electron chi connectivity index (χ0n) is 33.5. The Labute approximate surface area is 316 Å². The monoisotopic (exact) mass is 744 g/mol. The fraction of sp³-hybridized carbons (Fsp3) is 0.833. The summed E-state index contributed by atoms with van der Waals surface area (Å²) in [5.41, 5.74) is -6.01. The van der Waals surface area contributed by atoms with E-state index in [1.165, 1.54) is 12.0 Å². The van der Waals surface area contributed by atoms with Gasteiger partial charge in [0.2, 0.25) is 0 Å². The van der Waals surface area contributed by atoms with Crippen LogP contribution >= 0.6 is 0 Å². The van der Waals surface area contributed by atoms with E-state index in [0.717, 1.165) is 70.6 Å². The summed E-state index contributed by atoms with van der Waals surface area (Å²) >= 11 is 0. The summed E-state index contributed by atoms with van der Waals surface area (Å²) in [6, 6.07) is 0. The predicted molar refractivity (Wildman–Crippen MR) is 200 cm³/mol. The Kier molecular flexibility index (Phi) is 12.2. The van der Waals surface area contributed by atoms with Crippen molar-refractivity contribution in [2.45, 2.75) is 179 Å². The molecule has 2 saturated carbocycles. The molecule has 300 valence electrons. The van der Waals surface area contributed by atoms with Gasteiger partial charge in [-0.2, -0.15) is 0 Å². The van der Waals surface area contributed by atoms with Crippen molar-refractivity contribution in [3.05, 3.63) is 28.5 Å². The number of nitrogens with zero attached hydrogens (tertiary/aromatic N) is 1. The zero-order chi connectivity index (χ0) is 39.2. The molecule has 0 amide bonds. The van der Waals surface area contributed by atoms with Gasteiger partial charge in [0.05, 0.1) is 18.8 Å².